The molecule has 1 fully saturated rings. The van der Waals surface area contributed by atoms with Crippen LogP contribution in [0.15, 0.2) is 22.7 Å². The molecule has 1 aliphatic rings. The fourth-order valence-electron chi connectivity index (χ4n) is 3.01. The fraction of sp³-hybridized carbons (Fsp3) is 0.571. The van der Waals surface area contributed by atoms with Crippen LogP contribution in [-0.4, -0.2) is 0 Å². The lowest BCUT2D eigenvalue weighted by Gasteiger charge is -2.32. The molecule has 0 saturated heterocycles. The normalized spacial score (nSPS) is 24.9. The van der Waals surface area contributed by atoms with Crippen LogP contribution >= 0.6 is 15.9 Å². The molecule has 1 aromatic rings. The molecule has 1 aromatic carbocycles. The highest BCUT2D eigenvalue weighted by Gasteiger charge is 2.39. The molecule has 2 atom stereocenters. The quantitative estimate of drug-likeness (QED) is 0.860. The smallest absolute Gasteiger partial charge is 0.128 e. The van der Waals surface area contributed by atoms with Gasteiger partial charge in [-0.25, -0.2) is 4.39 Å². The number of hydrogen-bond acceptors (Lipinski definition) is 1. The van der Waals surface area contributed by atoms with E-state index in [0.29, 0.717) is 11.5 Å². The summed E-state index contributed by atoms with van der Waals surface area (Å²) in [6.07, 6.45) is 3.47. The van der Waals surface area contributed by atoms with Crippen LogP contribution in [0.5, 0.6) is 0 Å². The molecule has 0 spiro atoms. The van der Waals surface area contributed by atoms with Crippen molar-refractivity contribution in [1.29, 1.82) is 0 Å². The minimum Gasteiger partial charge on any atom is -0.324 e. The van der Waals surface area contributed by atoms with Crippen molar-refractivity contribution in [2.24, 2.45) is 17.1 Å². The molecule has 0 amide bonds. The highest BCUT2D eigenvalue weighted by molar-refractivity contribution is 9.10. The molecule has 2 rings (SSSR count). The van der Waals surface area contributed by atoms with Crippen LogP contribution in [-0.2, 0) is 0 Å². The lowest BCUT2D eigenvalue weighted by molar-refractivity contribution is 0.219. The Morgan fingerprint density at radius 1 is 1.47 bits per heavy atom. The first-order chi connectivity index (χ1) is 7.92. The lowest BCUT2D eigenvalue weighted by atomic mass is 9.76. The van der Waals surface area contributed by atoms with Crippen molar-refractivity contribution in [3.8, 4) is 0 Å². The van der Waals surface area contributed by atoms with Crippen molar-refractivity contribution >= 4 is 15.9 Å². The summed E-state index contributed by atoms with van der Waals surface area (Å²) in [5.41, 5.74) is 7.14. The monoisotopic (exact) mass is 299 g/mol. The first-order valence-electron chi connectivity index (χ1n) is 6.12. The summed E-state index contributed by atoms with van der Waals surface area (Å²) in [7, 11) is 0. The van der Waals surface area contributed by atoms with E-state index in [1.807, 2.05) is 6.07 Å². The van der Waals surface area contributed by atoms with E-state index in [1.54, 1.807) is 6.07 Å². The zero-order valence-corrected chi connectivity index (χ0v) is 11.9. The molecule has 94 valence electrons. The van der Waals surface area contributed by atoms with Crippen LogP contribution in [0.4, 0.5) is 4.39 Å². The van der Waals surface area contributed by atoms with Gasteiger partial charge in [0.1, 0.15) is 5.82 Å². The second-order valence-corrected chi connectivity index (χ2v) is 6.59. The van der Waals surface area contributed by atoms with Crippen molar-refractivity contribution in [2.75, 3.05) is 0 Å². The molecule has 0 aliphatic heterocycles. The minimum absolute atomic E-state index is 0.191. The largest absolute Gasteiger partial charge is 0.324 e. The maximum absolute atomic E-state index is 13.8. The van der Waals surface area contributed by atoms with Crippen molar-refractivity contribution in [2.45, 2.75) is 39.2 Å². The van der Waals surface area contributed by atoms with E-state index < -0.39 is 0 Å². The zero-order chi connectivity index (χ0) is 12.6. The average molecular weight is 300 g/mol. The predicted molar refractivity (Wildman–Crippen MR) is 72.2 cm³/mol. The molecule has 17 heavy (non-hydrogen) atoms. The third-order valence-electron chi connectivity index (χ3n) is 4.09. The molecule has 1 aliphatic carbocycles. The Morgan fingerprint density at radius 2 is 2.18 bits per heavy atom. The Balaban J connectivity index is 2.30. The Hall–Kier alpha value is -0.410. The first kappa shape index (κ1) is 13.0. The van der Waals surface area contributed by atoms with Gasteiger partial charge < -0.3 is 5.73 Å². The van der Waals surface area contributed by atoms with Gasteiger partial charge in [0.2, 0.25) is 0 Å². The summed E-state index contributed by atoms with van der Waals surface area (Å²) in [5.74, 6) is 0.176. The Kier molecular flexibility index (Phi) is 3.60. The van der Waals surface area contributed by atoms with Crippen molar-refractivity contribution in [3.63, 3.8) is 0 Å². The third kappa shape index (κ3) is 2.55. The van der Waals surface area contributed by atoms with Crippen molar-refractivity contribution in [1.82, 2.24) is 0 Å². The summed E-state index contributed by atoms with van der Waals surface area (Å²) in [6, 6.07) is 4.81. The van der Waals surface area contributed by atoms with Gasteiger partial charge in [0.25, 0.3) is 0 Å². The van der Waals surface area contributed by atoms with Gasteiger partial charge in [-0.3, -0.25) is 0 Å². The predicted octanol–water partition coefficient (Wildman–Crippen LogP) is 4.41. The number of benzene rings is 1. The van der Waals surface area contributed by atoms with Crippen LogP contribution in [0.1, 0.15) is 44.7 Å². The van der Waals surface area contributed by atoms with E-state index in [2.05, 4.69) is 29.8 Å². The standard InChI is InChI=1S/C14H19BrFN/c1-14(2)7-3-4-11(14)13(17)10-8-9(15)5-6-12(10)16/h5-6,8,11,13H,3-4,7,17H2,1-2H3. The Labute approximate surface area is 111 Å². The van der Waals surface area contributed by atoms with Gasteiger partial charge in [0.15, 0.2) is 0 Å². The third-order valence-corrected chi connectivity index (χ3v) is 4.58. The molecule has 0 bridgehead atoms. The van der Waals surface area contributed by atoms with E-state index in [0.717, 1.165) is 10.9 Å². The first-order valence-corrected chi connectivity index (χ1v) is 6.91. The zero-order valence-electron chi connectivity index (χ0n) is 10.3. The van der Waals surface area contributed by atoms with Gasteiger partial charge in [-0.1, -0.05) is 36.2 Å². The van der Waals surface area contributed by atoms with E-state index in [9.17, 15) is 4.39 Å². The van der Waals surface area contributed by atoms with Crippen LogP contribution in [0, 0.1) is 17.2 Å². The number of halogens is 2. The molecule has 0 radical (unpaired) electrons. The summed E-state index contributed by atoms with van der Waals surface area (Å²) in [6.45, 7) is 4.47. The highest BCUT2D eigenvalue weighted by atomic mass is 79.9. The molecule has 0 aromatic heterocycles. The van der Waals surface area contributed by atoms with Crippen LogP contribution in [0.2, 0.25) is 0 Å². The Morgan fingerprint density at radius 3 is 2.76 bits per heavy atom. The van der Waals surface area contributed by atoms with Crippen LogP contribution < -0.4 is 5.73 Å². The SMILES string of the molecule is CC1(C)CCCC1C(N)c1cc(Br)ccc1F. The van der Waals surface area contributed by atoms with Gasteiger partial charge in [-0.15, -0.1) is 0 Å². The Bertz CT molecular complexity index is 417. The number of rotatable bonds is 2. The van der Waals surface area contributed by atoms with Gasteiger partial charge in [0.05, 0.1) is 0 Å². The number of hydrogen-bond donors (Lipinski definition) is 1. The van der Waals surface area contributed by atoms with Crippen LogP contribution in [0.25, 0.3) is 0 Å². The summed E-state index contributed by atoms with van der Waals surface area (Å²) in [5, 5.41) is 0. The summed E-state index contributed by atoms with van der Waals surface area (Å²) < 4.78 is 14.7. The molecule has 0 heterocycles. The topological polar surface area (TPSA) is 26.0 Å². The van der Waals surface area contributed by atoms with Crippen molar-refractivity contribution in [3.05, 3.63) is 34.1 Å². The molecule has 2 unspecified atom stereocenters. The van der Waals surface area contributed by atoms with Gasteiger partial charge in [-0.05, 0) is 42.4 Å². The molecule has 1 saturated carbocycles. The fourth-order valence-corrected chi connectivity index (χ4v) is 3.38. The molecule has 1 nitrogen and oxygen atoms in total. The van der Waals surface area contributed by atoms with E-state index in [4.69, 9.17) is 5.73 Å². The molecular weight excluding hydrogens is 281 g/mol. The maximum Gasteiger partial charge on any atom is 0.128 e. The second-order valence-electron chi connectivity index (χ2n) is 5.68. The molecule has 3 heteroatoms. The summed E-state index contributed by atoms with van der Waals surface area (Å²) >= 11 is 3.38. The second kappa shape index (κ2) is 4.69. The molecular formula is C14H19BrFN. The molecule has 2 N–H and O–H groups in total. The van der Waals surface area contributed by atoms with Gasteiger partial charge in [-0.2, -0.15) is 0 Å². The van der Waals surface area contributed by atoms with E-state index in [1.165, 1.54) is 18.9 Å². The minimum atomic E-state index is -0.204. The average Bonchev–Trinajstić information content (AvgIpc) is 2.61. The number of nitrogens with two attached hydrogens (primary N) is 1. The van der Waals surface area contributed by atoms with E-state index in [-0.39, 0.29) is 17.3 Å². The van der Waals surface area contributed by atoms with E-state index >= 15 is 0 Å². The lowest BCUT2D eigenvalue weighted by Crippen LogP contribution is -2.30. The van der Waals surface area contributed by atoms with Gasteiger partial charge in [0, 0.05) is 16.1 Å². The van der Waals surface area contributed by atoms with Gasteiger partial charge >= 0.3 is 0 Å². The van der Waals surface area contributed by atoms with Crippen LogP contribution in [0.3, 0.4) is 0 Å². The van der Waals surface area contributed by atoms with Crippen molar-refractivity contribution < 1.29 is 4.39 Å². The maximum atomic E-state index is 13.8. The highest BCUT2D eigenvalue weighted by Crippen LogP contribution is 2.48. The summed E-state index contributed by atoms with van der Waals surface area (Å²) in [4.78, 5) is 0.